The van der Waals surface area contributed by atoms with Crippen LogP contribution < -0.4 is 29.5 Å². The molecule has 0 aliphatic rings. The molecule has 1 aromatic carbocycles. The summed E-state index contributed by atoms with van der Waals surface area (Å²) in [5.41, 5.74) is 4.74. The number of halogens is 2. The van der Waals surface area contributed by atoms with Gasteiger partial charge in [-0.1, -0.05) is 30.0 Å². The second kappa shape index (κ2) is 15.2. The van der Waals surface area contributed by atoms with Gasteiger partial charge in [0.05, 0.1) is 10.5 Å². The summed E-state index contributed by atoms with van der Waals surface area (Å²) in [6, 6.07) is 3.92. The van der Waals surface area contributed by atoms with Gasteiger partial charge in [0.15, 0.2) is 0 Å². The Hall–Kier alpha value is -0.713. The zero-order chi connectivity index (χ0) is 19.4. The van der Waals surface area contributed by atoms with Gasteiger partial charge in [-0.3, -0.25) is 9.97 Å². The van der Waals surface area contributed by atoms with Crippen LogP contribution in [0.1, 0.15) is 19.4 Å². The molecule has 4 nitrogen and oxygen atoms in total. The molecule has 2 aromatic rings. The monoisotopic (exact) mass is 490 g/mol. The SMILES string of the molecule is C=I/C=C(\[C-]=C(C)C)NCc1cc(Cl)c2nccnc2c1.[CH2-]CNC[CH2-].[Li+]. The molecular formula is C20H25ClILiN4-2. The predicted molar refractivity (Wildman–Crippen MR) is 122 cm³/mol. The Bertz CT molecular complexity index is 772. The summed E-state index contributed by atoms with van der Waals surface area (Å²) in [6.45, 7) is 13.3. The first-order valence-corrected chi connectivity index (χ1v) is 11.2. The number of benzene rings is 1. The van der Waals surface area contributed by atoms with E-state index < -0.39 is 0 Å². The van der Waals surface area contributed by atoms with Gasteiger partial charge in [0.25, 0.3) is 0 Å². The third-order valence-electron chi connectivity index (χ3n) is 2.99. The largest absolute Gasteiger partial charge is 1.00 e. The van der Waals surface area contributed by atoms with E-state index in [0.29, 0.717) is 11.6 Å². The van der Waals surface area contributed by atoms with Crippen LogP contribution in [0.2, 0.25) is 5.02 Å². The summed E-state index contributed by atoms with van der Waals surface area (Å²) in [6.07, 6.45) is 6.62. The van der Waals surface area contributed by atoms with Crippen molar-refractivity contribution in [1.82, 2.24) is 20.6 Å². The molecule has 0 fully saturated rings. The zero-order valence-corrected chi connectivity index (χ0v) is 19.2. The summed E-state index contributed by atoms with van der Waals surface area (Å²) < 4.78 is 6.07. The fourth-order valence-corrected chi connectivity index (χ4v) is 3.07. The molecule has 0 amide bonds. The average Bonchev–Trinajstić information content (AvgIpc) is 2.61. The van der Waals surface area contributed by atoms with E-state index in [2.05, 4.69) is 49.1 Å². The van der Waals surface area contributed by atoms with Crippen molar-refractivity contribution in [2.45, 2.75) is 20.4 Å². The second-order valence-electron chi connectivity index (χ2n) is 5.41. The summed E-state index contributed by atoms with van der Waals surface area (Å²) in [7, 11) is 0. The van der Waals surface area contributed by atoms with Crippen LogP contribution in [-0.2, 0) is 6.54 Å². The number of rotatable bonds is 7. The molecule has 0 saturated heterocycles. The van der Waals surface area contributed by atoms with Crippen LogP contribution >= 0.6 is 32.3 Å². The number of fused-ring (bicyclic) bond motifs is 1. The molecule has 0 unspecified atom stereocenters. The number of allylic oxidation sites excluding steroid dienone is 2. The summed E-state index contributed by atoms with van der Waals surface area (Å²) in [5, 5.41) is 6.88. The number of hydrogen-bond donors (Lipinski definition) is 2. The quantitative estimate of drug-likeness (QED) is 0.268. The Balaban J connectivity index is 0.00000100. The number of nitrogens with one attached hydrogen (secondary N) is 2. The van der Waals surface area contributed by atoms with E-state index in [0.717, 1.165) is 41.0 Å². The number of aromatic nitrogens is 2. The third-order valence-corrected chi connectivity index (χ3v) is 4.35. The maximum Gasteiger partial charge on any atom is 1.00 e. The van der Waals surface area contributed by atoms with Crippen molar-refractivity contribution >= 4 is 47.9 Å². The minimum Gasteiger partial charge on any atom is -0.414 e. The summed E-state index contributed by atoms with van der Waals surface area (Å²) in [4.78, 5) is 8.54. The standard InChI is InChI=1S/C16H16ClIN3.C4H9N.Li/c1-11(2)6-13(9-18-3)21-10-12-7-14(17)16-15(8-12)19-4-5-20-16;1-3-5-4-2;/h4-5,7-9,21H,3,10H2,1-2H3;5H,1-4H2;/q-1;-2;+1/b13-9+;;. The molecule has 1 aromatic heterocycles. The maximum absolute atomic E-state index is 6.25. The second-order valence-corrected chi connectivity index (χ2v) is 7.32. The van der Waals surface area contributed by atoms with Crippen molar-refractivity contribution in [2.24, 2.45) is 0 Å². The molecule has 0 bridgehead atoms. The van der Waals surface area contributed by atoms with E-state index in [-0.39, 0.29) is 39.6 Å². The number of nitrogens with zero attached hydrogens (tertiary/aromatic N) is 2. The van der Waals surface area contributed by atoms with Gasteiger partial charge in [-0.25, -0.2) is 26.8 Å². The van der Waals surface area contributed by atoms with Crippen LogP contribution in [0.3, 0.4) is 0 Å². The van der Waals surface area contributed by atoms with Gasteiger partial charge < -0.3 is 24.5 Å². The van der Waals surface area contributed by atoms with E-state index in [1.807, 2.05) is 26.0 Å². The van der Waals surface area contributed by atoms with Crippen LogP contribution in [0, 0.1) is 19.9 Å². The molecule has 0 atom stereocenters. The fourth-order valence-electron chi connectivity index (χ4n) is 1.97. The van der Waals surface area contributed by atoms with Crippen LogP contribution in [-0.4, -0.2) is 27.6 Å². The molecule has 27 heavy (non-hydrogen) atoms. The van der Waals surface area contributed by atoms with E-state index >= 15 is 0 Å². The minimum absolute atomic E-state index is 0. The molecule has 0 aliphatic carbocycles. The smallest absolute Gasteiger partial charge is 0.414 e. The topological polar surface area (TPSA) is 49.8 Å². The molecule has 1 heterocycles. The fraction of sp³-hybridized carbons (Fsp3) is 0.250. The van der Waals surface area contributed by atoms with Crippen molar-refractivity contribution in [1.29, 1.82) is 0 Å². The third kappa shape index (κ3) is 10.4. The van der Waals surface area contributed by atoms with Crippen molar-refractivity contribution in [3.63, 3.8) is 0 Å². The van der Waals surface area contributed by atoms with Gasteiger partial charge in [0.1, 0.15) is 5.52 Å². The van der Waals surface area contributed by atoms with Crippen LogP contribution in [0.25, 0.3) is 11.0 Å². The Morgan fingerprint density at radius 2 is 1.93 bits per heavy atom. The Morgan fingerprint density at radius 1 is 1.26 bits per heavy atom. The number of hydrogen-bond acceptors (Lipinski definition) is 4. The Kier molecular flexibility index (Phi) is 14.8. The van der Waals surface area contributed by atoms with E-state index in [4.69, 9.17) is 11.6 Å². The molecule has 0 aliphatic heterocycles. The van der Waals surface area contributed by atoms with Crippen LogP contribution in [0.15, 0.2) is 39.9 Å². The van der Waals surface area contributed by atoms with E-state index in [1.165, 1.54) is 0 Å². The van der Waals surface area contributed by atoms with Gasteiger partial charge >= 0.3 is 18.9 Å². The average molecular weight is 491 g/mol. The van der Waals surface area contributed by atoms with Gasteiger partial charge in [-0.2, -0.15) is 9.66 Å². The first-order valence-electron chi connectivity index (χ1n) is 8.08. The zero-order valence-electron chi connectivity index (χ0n) is 16.3. The maximum atomic E-state index is 6.25. The summed E-state index contributed by atoms with van der Waals surface area (Å²) >= 11 is 6.07. The van der Waals surface area contributed by atoms with Crippen molar-refractivity contribution in [2.75, 3.05) is 13.1 Å². The van der Waals surface area contributed by atoms with Gasteiger partial charge in [0, 0.05) is 18.9 Å². The van der Waals surface area contributed by atoms with Crippen LogP contribution in [0.5, 0.6) is 0 Å². The van der Waals surface area contributed by atoms with Crippen LogP contribution in [0.4, 0.5) is 0 Å². The molecule has 0 saturated carbocycles. The summed E-state index contributed by atoms with van der Waals surface area (Å²) in [5.74, 6) is 0. The molecule has 0 radical (unpaired) electrons. The Morgan fingerprint density at radius 3 is 2.48 bits per heavy atom. The van der Waals surface area contributed by atoms with Gasteiger partial charge in [-0.05, 0) is 17.7 Å². The van der Waals surface area contributed by atoms with Gasteiger partial charge in [-0.15, -0.1) is 18.8 Å². The predicted octanol–water partition coefficient (Wildman–Crippen LogP) is 1.63. The van der Waals surface area contributed by atoms with Gasteiger partial charge in [0.2, 0.25) is 0 Å². The molecule has 0 spiro atoms. The van der Waals surface area contributed by atoms with Crippen molar-refractivity contribution < 1.29 is 18.9 Å². The molecule has 2 rings (SSSR count). The first-order chi connectivity index (χ1) is 12.5. The molecule has 142 valence electrons. The molecular weight excluding hydrogens is 466 g/mol. The van der Waals surface area contributed by atoms with Crippen molar-refractivity contribution in [3.05, 3.63) is 70.4 Å². The Labute approximate surface area is 190 Å². The molecule has 7 heteroatoms. The van der Waals surface area contributed by atoms with E-state index in [9.17, 15) is 0 Å². The molecule has 2 N–H and O–H groups in total. The normalized spacial score (nSPS) is 10.5. The van der Waals surface area contributed by atoms with E-state index in [1.54, 1.807) is 12.4 Å². The minimum atomic E-state index is -0.181. The first kappa shape index (κ1) is 26.3. The van der Waals surface area contributed by atoms with Crippen molar-refractivity contribution in [3.8, 4) is 0 Å².